The molecule has 1 aromatic rings. The standard InChI is InChI=1S/C22H31N3O2.ClH/c1-15-8-10-25(11-9-15)22(27)17-2-4-18(5-3-17)24-21(26)14-16-12-19-6-7-20(13-16)23-19;/h2-5,15-16,19-20,23H,6-14H2,1H3,(H,24,26);1H. The molecule has 2 atom stereocenters. The third-order valence-corrected chi connectivity index (χ3v) is 6.53. The van der Waals surface area contributed by atoms with Crippen molar-refractivity contribution < 1.29 is 9.59 Å². The highest BCUT2D eigenvalue weighted by molar-refractivity contribution is 5.96. The number of nitrogens with one attached hydrogen (secondary N) is 2. The molecule has 3 aliphatic rings. The number of benzene rings is 1. The summed E-state index contributed by atoms with van der Waals surface area (Å²) in [7, 11) is 0. The fourth-order valence-electron chi connectivity index (χ4n) is 4.91. The predicted molar refractivity (Wildman–Crippen MR) is 114 cm³/mol. The number of hydrogen-bond acceptors (Lipinski definition) is 3. The van der Waals surface area contributed by atoms with E-state index in [1.807, 2.05) is 29.2 Å². The minimum absolute atomic E-state index is 0. The van der Waals surface area contributed by atoms with Crippen molar-refractivity contribution in [2.45, 2.75) is 64.0 Å². The number of carbonyl (C=O) groups excluding carboxylic acids is 2. The highest BCUT2D eigenvalue weighted by atomic mass is 35.5. The quantitative estimate of drug-likeness (QED) is 0.800. The number of amides is 2. The van der Waals surface area contributed by atoms with Crippen LogP contribution in [0, 0.1) is 11.8 Å². The van der Waals surface area contributed by atoms with E-state index in [1.165, 1.54) is 12.8 Å². The highest BCUT2D eigenvalue weighted by Crippen LogP contribution is 2.32. The average Bonchev–Trinajstić information content (AvgIpc) is 3.00. The van der Waals surface area contributed by atoms with Gasteiger partial charge in [-0.1, -0.05) is 6.92 Å². The van der Waals surface area contributed by atoms with Crippen LogP contribution in [0.1, 0.15) is 62.2 Å². The van der Waals surface area contributed by atoms with Gasteiger partial charge in [0.05, 0.1) is 0 Å². The molecule has 28 heavy (non-hydrogen) atoms. The number of hydrogen-bond donors (Lipinski definition) is 2. The Hall–Kier alpha value is -1.59. The first-order chi connectivity index (χ1) is 13.1. The normalized spacial score (nSPS) is 27.2. The Morgan fingerprint density at radius 1 is 1.04 bits per heavy atom. The Morgan fingerprint density at radius 2 is 1.64 bits per heavy atom. The first-order valence-corrected chi connectivity index (χ1v) is 10.5. The van der Waals surface area contributed by atoms with E-state index in [2.05, 4.69) is 17.6 Å². The van der Waals surface area contributed by atoms with Crippen molar-refractivity contribution in [2.75, 3.05) is 18.4 Å². The summed E-state index contributed by atoms with van der Waals surface area (Å²) < 4.78 is 0. The minimum atomic E-state index is 0. The van der Waals surface area contributed by atoms with Crippen LogP contribution in [0.25, 0.3) is 0 Å². The third-order valence-electron chi connectivity index (χ3n) is 6.53. The molecular formula is C22H32ClN3O2. The van der Waals surface area contributed by atoms with Crippen molar-refractivity contribution in [2.24, 2.45) is 11.8 Å². The van der Waals surface area contributed by atoms with Crippen LogP contribution in [0.5, 0.6) is 0 Å². The van der Waals surface area contributed by atoms with Crippen LogP contribution >= 0.6 is 12.4 Å². The van der Waals surface area contributed by atoms with Gasteiger partial charge in [0, 0.05) is 42.8 Å². The molecule has 6 heteroatoms. The summed E-state index contributed by atoms with van der Waals surface area (Å²) in [4.78, 5) is 27.0. The van der Waals surface area contributed by atoms with Gasteiger partial charge in [-0.3, -0.25) is 9.59 Å². The molecule has 0 saturated carbocycles. The van der Waals surface area contributed by atoms with Gasteiger partial charge in [-0.05, 0) is 74.6 Å². The fourth-order valence-corrected chi connectivity index (χ4v) is 4.91. The number of fused-ring (bicyclic) bond motifs is 2. The van der Waals surface area contributed by atoms with Gasteiger partial charge >= 0.3 is 0 Å². The molecule has 0 aliphatic carbocycles. The lowest BCUT2D eigenvalue weighted by Gasteiger charge is -2.30. The molecule has 4 rings (SSSR count). The molecule has 1 aromatic carbocycles. The number of halogens is 1. The van der Waals surface area contributed by atoms with Crippen LogP contribution in [0.4, 0.5) is 5.69 Å². The highest BCUT2D eigenvalue weighted by Gasteiger charge is 2.34. The van der Waals surface area contributed by atoms with Gasteiger partial charge in [0.15, 0.2) is 0 Å². The Labute approximate surface area is 174 Å². The van der Waals surface area contributed by atoms with Gasteiger partial charge in [0.1, 0.15) is 0 Å². The van der Waals surface area contributed by atoms with Crippen molar-refractivity contribution in [3.63, 3.8) is 0 Å². The minimum Gasteiger partial charge on any atom is -0.339 e. The average molecular weight is 406 g/mol. The maximum Gasteiger partial charge on any atom is 0.253 e. The SMILES string of the molecule is CC1CCN(C(=O)c2ccc(NC(=O)CC3CC4CCC(C3)N4)cc2)CC1.Cl. The second-order valence-corrected chi connectivity index (χ2v) is 8.78. The van der Waals surface area contributed by atoms with Gasteiger partial charge < -0.3 is 15.5 Å². The first kappa shape index (κ1) is 21.1. The van der Waals surface area contributed by atoms with Crippen LogP contribution in [0.2, 0.25) is 0 Å². The van der Waals surface area contributed by atoms with Crippen molar-refractivity contribution in [3.05, 3.63) is 29.8 Å². The zero-order valence-electron chi connectivity index (χ0n) is 16.7. The zero-order chi connectivity index (χ0) is 18.8. The smallest absolute Gasteiger partial charge is 0.253 e. The lowest BCUT2D eigenvalue weighted by molar-refractivity contribution is -0.117. The van der Waals surface area contributed by atoms with Gasteiger partial charge in [0.2, 0.25) is 5.91 Å². The summed E-state index contributed by atoms with van der Waals surface area (Å²) in [5, 5.41) is 6.63. The molecule has 3 fully saturated rings. The third kappa shape index (κ3) is 5.06. The maximum atomic E-state index is 12.6. The van der Waals surface area contributed by atoms with Gasteiger partial charge in [-0.15, -0.1) is 12.4 Å². The van der Waals surface area contributed by atoms with Gasteiger partial charge in [0.25, 0.3) is 5.91 Å². The molecule has 2 N–H and O–H groups in total. The number of rotatable bonds is 4. The number of anilines is 1. The van der Waals surface area contributed by atoms with Crippen molar-refractivity contribution in [1.29, 1.82) is 0 Å². The van der Waals surface area contributed by atoms with Crippen molar-refractivity contribution in [1.82, 2.24) is 10.2 Å². The van der Waals surface area contributed by atoms with Crippen LogP contribution in [-0.4, -0.2) is 41.9 Å². The Bertz CT molecular complexity index is 674. The number of nitrogens with zero attached hydrogens (tertiary/aromatic N) is 1. The van der Waals surface area contributed by atoms with Gasteiger partial charge in [-0.2, -0.15) is 0 Å². The second kappa shape index (κ2) is 9.27. The molecule has 3 saturated heterocycles. The lowest BCUT2D eigenvalue weighted by Crippen LogP contribution is -2.39. The van der Waals surface area contributed by atoms with Crippen molar-refractivity contribution >= 4 is 29.9 Å². The molecule has 2 amide bonds. The molecule has 2 unspecified atom stereocenters. The Morgan fingerprint density at radius 3 is 2.25 bits per heavy atom. The van der Waals surface area contributed by atoms with Crippen LogP contribution in [0.3, 0.4) is 0 Å². The summed E-state index contributed by atoms with van der Waals surface area (Å²) in [6.07, 6.45) is 7.51. The second-order valence-electron chi connectivity index (χ2n) is 8.78. The summed E-state index contributed by atoms with van der Waals surface area (Å²) in [5.41, 5.74) is 1.48. The van der Waals surface area contributed by atoms with Crippen LogP contribution < -0.4 is 10.6 Å². The first-order valence-electron chi connectivity index (χ1n) is 10.5. The zero-order valence-corrected chi connectivity index (χ0v) is 17.5. The Kier molecular flexibility index (Phi) is 7.00. The molecule has 3 heterocycles. The number of piperidine rings is 2. The van der Waals surface area contributed by atoms with E-state index >= 15 is 0 Å². The molecule has 2 bridgehead atoms. The molecule has 0 spiro atoms. The van der Waals surface area contributed by atoms with E-state index in [9.17, 15) is 9.59 Å². The molecule has 0 radical (unpaired) electrons. The molecule has 3 aliphatic heterocycles. The van der Waals surface area contributed by atoms with Gasteiger partial charge in [-0.25, -0.2) is 0 Å². The molecular weight excluding hydrogens is 374 g/mol. The monoisotopic (exact) mass is 405 g/mol. The van der Waals surface area contributed by atoms with Crippen LogP contribution in [-0.2, 0) is 4.79 Å². The predicted octanol–water partition coefficient (Wildman–Crippen LogP) is 3.84. The van der Waals surface area contributed by atoms with E-state index < -0.39 is 0 Å². The lowest BCUT2D eigenvalue weighted by atomic mass is 9.89. The molecule has 0 aromatic heterocycles. The summed E-state index contributed by atoms with van der Waals surface area (Å²) in [6, 6.07) is 8.60. The van der Waals surface area contributed by atoms with Crippen LogP contribution in [0.15, 0.2) is 24.3 Å². The van der Waals surface area contributed by atoms with E-state index in [-0.39, 0.29) is 24.2 Å². The summed E-state index contributed by atoms with van der Waals surface area (Å²) in [6.45, 7) is 3.93. The summed E-state index contributed by atoms with van der Waals surface area (Å²) in [5.74, 6) is 1.39. The number of likely N-dealkylation sites (tertiary alicyclic amines) is 1. The molecule has 154 valence electrons. The summed E-state index contributed by atoms with van der Waals surface area (Å²) >= 11 is 0. The van der Waals surface area contributed by atoms with E-state index in [1.54, 1.807) is 0 Å². The largest absolute Gasteiger partial charge is 0.339 e. The molecule has 5 nitrogen and oxygen atoms in total. The number of carbonyl (C=O) groups is 2. The Balaban J connectivity index is 0.00000225. The van der Waals surface area contributed by atoms with E-state index in [0.29, 0.717) is 35.9 Å². The topological polar surface area (TPSA) is 61.4 Å². The maximum absolute atomic E-state index is 12.6. The van der Waals surface area contributed by atoms with E-state index in [0.717, 1.165) is 44.5 Å². The van der Waals surface area contributed by atoms with Crippen molar-refractivity contribution in [3.8, 4) is 0 Å². The fraction of sp³-hybridized carbons (Fsp3) is 0.636. The van der Waals surface area contributed by atoms with E-state index in [4.69, 9.17) is 0 Å².